The van der Waals surface area contributed by atoms with Crippen LogP contribution in [-0.2, 0) is 0 Å². The Morgan fingerprint density at radius 1 is 1.50 bits per heavy atom. The van der Waals surface area contributed by atoms with E-state index >= 15 is 0 Å². The van der Waals surface area contributed by atoms with Crippen LogP contribution in [0.3, 0.4) is 0 Å². The van der Waals surface area contributed by atoms with Crippen molar-refractivity contribution in [2.45, 2.75) is 0 Å². The molecule has 2 aromatic rings. The van der Waals surface area contributed by atoms with Crippen LogP contribution in [0.25, 0.3) is 0 Å². The number of anilines is 1. The van der Waals surface area contributed by atoms with E-state index in [1.54, 1.807) is 31.3 Å². The average molecular weight is 279 g/mol. The smallest absolute Gasteiger partial charge is 0.289 e. The molecule has 18 heavy (non-hydrogen) atoms. The molecule has 0 unspecified atom stereocenters. The van der Waals surface area contributed by atoms with E-state index in [0.717, 1.165) is 11.3 Å². The highest BCUT2D eigenvalue weighted by Gasteiger charge is 2.18. The van der Waals surface area contributed by atoms with Gasteiger partial charge in [0, 0.05) is 12.7 Å². The number of carbonyl (C=O) groups excluding carboxylic acids is 1. The summed E-state index contributed by atoms with van der Waals surface area (Å²) in [5.74, 6) is -0.311. The quantitative estimate of drug-likeness (QED) is 0.845. The van der Waals surface area contributed by atoms with Gasteiger partial charge in [-0.05, 0) is 29.8 Å². The third-order valence-electron chi connectivity index (χ3n) is 2.25. The molecule has 1 aromatic carbocycles. The van der Waals surface area contributed by atoms with Crippen LogP contribution in [-0.4, -0.2) is 23.2 Å². The predicted molar refractivity (Wildman–Crippen MR) is 68.8 cm³/mol. The second-order valence-electron chi connectivity index (χ2n) is 3.39. The monoisotopic (exact) mass is 278 g/mol. The Labute approximate surface area is 112 Å². The number of benzene rings is 1. The fourth-order valence-corrected chi connectivity index (χ4v) is 2.14. The van der Waals surface area contributed by atoms with Crippen molar-refractivity contribution < 1.29 is 4.79 Å². The minimum atomic E-state index is -0.311. The molecule has 0 fully saturated rings. The molecule has 0 saturated heterocycles. The summed E-state index contributed by atoms with van der Waals surface area (Å²) in [7, 11) is 1.61. The number of amides is 1. The molecule has 0 bridgehead atoms. The lowest BCUT2D eigenvalue weighted by Gasteiger charge is -2.15. The van der Waals surface area contributed by atoms with Gasteiger partial charge in [0.1, 0.15) is 0 Å². The fourth-order valence-electron chi connectivity index (χ4n) is 1.34. The van der Waals surface area contributed by atoms with Gasteiger partial charge in [0.05, 0.1) is 11.6 Å². The Bertz CT molecular complexity index is 634. The molecule has 0 N–H and O–H groups in total. The first-order valence-electron chi connectivity index (χ1n) is 4.89. The highest BCUT2D eigenvalue weighted by molar-refractivity contribution is 7.17. The molecule has 0 radical (unpaired) electrons. The highest BCUT2D eigenvalue weighted by Crippen LogP contribution is 2.20. The van der Waals surface area contributed by atoms with Crippen LogP contribution < -0.4 is 4.90 Å². The molecule has 1 amide bonds. The van der Waals surface area contributed by atoms with Crippen LogP contribution in [0.15, 0.2) is 24.3 Å². The largest absolute Gasteiger partial charge is 0.309 e. The van der Waals surface area contributed by atoms with Gasteiger partial charge in [-0.1, -0.05) is 17.4 Å². The minimum absolute atomic E-state index is 0.213. The molecular weight excluding hydrogens is 272 g/mol. The van der Waals surface area contributed by atoms with Gasteiger partial charge in [0.25, 0.3) is 5.91 Å². The molecule has 5 nitrogen and oxygen atoms in total. The van der Waals surface area contributed by atoms with Gasteiger partial charge in [0.2, 0.25) is 9.47 Å². The van der Waals surface area contributed by atoms with Crippen molar-refractivity contribution in [3.05, 3.63) is 39.3 Å². The molecule has 2 rings (SSSR count). The van der Waals surface area contributed by atoms with Gasteiger partial charge in [-0.3, -0.25) is 4.79 Å². The first kappa shape index (κ1) is 12.5. The van der Waals surface area contributed by atoms with Gasteiger partial charge < -0.3 is 4.90 Å². The Morgan fingerprint density at radius 2 is 2.28 bits per heavy atom. The van der Waals surface area contributed by atoms with E-state index in [9.17, 15) is 4.79 Å². The zero-order valence-electron chi connectivity index (χ0n) is 9.29. The second kappa shape index (κ2) is 5.12. The molecule has 1 heterocycles. The lowest BCUT2D eigenvalue weighted by atomic mass is 10.2. The number of carbonyl (C=O) groups is 1. The summed E-state index contributed by atoms with van der Waals surface area (Å²) in [4.78, 5) is 13.5. The second-order valence-corrected chi connectivity index (χ2v) is 4.95. The summed E-state index contributed by atoms with van der Waals surface area (Å²) in [6, 6.07) is 8.77. The van der Waals surface area contributed by atoms with Crippen LogP contribution in [0.5, 0.6) is 0 Å². The summed E-state index contributed by atoms with van der Waals surface area (Å²) in [5, 5.41) is 16.3. The molecule has 0 saturated carbocycles. The van der Waals surface area contributed by atoms with Crippen LogP contribution in [0.2, 0.25) is 4.47 Å². The maximum Gasteiger partial charge on any atom is 0.289 e. The first-order chi connectivity index (χ1) is 8.61. The SMILES string of the molecule is CN(C(=O)c1nnc(Cl)s1)c1cccc(C#N)c1. The maximum atomic E-state index is 12.1. The van der Waals surface area contributed by atoms with Gasteiger partial charge >= 0.3 is 0 Å². The number of nitrogens with zero attached hydrogens (tertiary/aromatic N) is 4. The zero-order valence-corrected chi connectivity index (χ0v) is 10.9. The Kier molecular flexibility index (Phi) is 3.55. The Morgan fingerprint density at radius 3 is 2.89 bits per heavy atom. The minimum Gasteiger partial charge on any atom is -0.309 e. The van der Waals surface area contributed by atoms with Crippen molar-refractivity contribution in [2.75, 3.05) is 11.9 Å². The normalized spacial score (nSPS) is 9.83. The third-order valence-corrected chi connectivity index (χ3v) is 3.26. The highest BCUT2D eigenvalue weighted by atomic mass is 35.5. The number of hydrogen-bond acceptors (Lipinski definition) is 5. The molecule has 0 atom stereocenters. The van der Waals surface area contributed by atoms with Crippen molar-refractivity contribution in [1.29, 1.82) is 5.26 Å². The van der Waals surface area contributed by atoms with E-state index in [1.807, 2.05) is 6.07 Å². The third kappa shape index (κ3) is 2.47. The predicted octanol–water partition coefficient (Wildman–Crippen LogP) is 2.34. The van der Waals surface area contributed by atoms with Gasteiger partial charge in [-0.15, -0.1) is 10.2 Å². The van der Waals surface area contributed by atoms with E-state index in [1.165, 1.54) is 4.90 Å². The summed E-state index contributed by atoms with van der Waals surface area (Å²) in [5.41, 5.74) is 1.10. The van der Waals surface area contributed by atoms with Crippen molar-refractivity contribution in [2.24, 2.45) is 0 Å². The molecule has 7 heteroatoms. The van der Waals surface area contributed by atoms with Gasteiger partial charge in [-0.2, -0.15) is 5.26 Å². The fraction of sp³-hybridized carbons (Fsp3) is 0.0909. The summed E-state index contributed by atoms with van der Waals surface area (Å²) >= 11 is 6.65. The summed E-state index contributed by atoms with van der Waals surface area (Å²) in [6.45, 7) is 0. The molecule has 1 aromatic heterocycles. The zero-order chi connectivity index (χ0) is 13.1. The number of rotatable bonds is 2. The molecule has 0 aliphatic rings. The molecule has 0 aliphatic carbocycles. The van der Waals surface area contributed by atoms with Crippen molar-refractivity contribution >= 4 is 34.5 Å². The first-order valence-corrected chi connectivity index (χ1v) is 6.08. The average Bonchev–Trinajstić information content (AvgIpc) is 2.83. The summed E-state index contributed by atoms with van der Waals surface area (Å²) < 4.78 is 0.220. The lowest BCUT2D eigenvalue weighted by Crippen LogP contribution is -2.26. The van der Waals surface area contributed by atoms with E-state index in [0.29, 0.717) is 11.3 Å². The van der Waals surface area contributed by atoms with Gasteiger partial charge in [0.15, 0.2) is 0 Å². The number of aromatic nitrogens is 2. The van der Waals surface area contributed by atoms with Crippen molar-refractivity contribution in [1.82, 2.24) is 10.2 Å². The summed E-state index contributed by atoms with van der Waals surface area (Å²) in [6.07, 6.45) is 0. The standard InChI is InChI=1S/C11H7ClN4OS/c1-16(8-4-2-3-7(5-8)6-13)10(17)9-14-15-11(12)18-9/h2-5H,1H3. The topological polar surface area (TPSA) is 69.9 Å². The van der Waals surface area contributed by atoms with E-state index < -0.39 is 0 Å². The number of halogens is 1. The van der Waals surface area contributed by atoms with Crippen LogP contribution >= 0.6 is 22.9 Å². The molecule has 0 aliphatic heterocycles. The number of nitriles is 1. The lowest BCUT2D eigenvalue weighted by molar-refractivity contribution is 0.0992. The Balaban J connectivity index is 2.28. The van der Waals surface area contributed by atoms with E-state index in [-0.39, 0.29) is 15.4 Å². The Hall–Kier alpha value is -1.97. The van der Waals surface area contributed by atoms with Crippen LogP contribution in [0.4, 0.5) is 5.69 Å². The van der Waals surface area contributed by atoms with Gasteiger partial charge in [-0.25, -0.2) is 0 Å². The van der Waals surface area contributed by atoms with E-state index in [4.69, 9.17) is 16.9 Å². The van der Waals surface area contributed by atoms with Crippen molar-refractivity contribution in [3.63, 3.8) is 0 Å². The molecule has 0 spiro atoms. The van der Waals surface area contributed by atoms with Crippen molar-refractivity contribution in [3.8, 4) is 6.07 Å². The van der Waals surface area contributed by atoms with Crippen LogP contribution in [0, 0.1) is 11.3 Å². The number of hydrogen-bond donors (Lipinski definition) is 0. The maximum absolute atomic E-state index is 12.1. The molecule has 90 valence electrons. The van der Waals surface area contributed by atoms with Crippen LogP contribution in [0.1, 0.15) is 15.4 Å². The molecular formula is C11H7ClN4OS. The van der Waals surface area contributed by atoms with E-state index in [2.05, 4.69) is 10.2 Å².